The molecular weight excluding hydrogens is 336 g/mol. The molecular formula is C19H20N2O3S. The SMILES string of the molecule is CCOC(=O)N1CC(Cc2ccccc2)c2nc(SC)ccc2C1=O. The van der Waals surface area contributed by atoms with Crippen molar-refractivity contribution in [3.63, 3.8) is 0 Å². The first-order chi connectivity index (χ1) is 12.1. The van der Waals surface area contributed by atoms with E-state index in [1.165, 1.54) is 16.7 Å². The van der Waals surface area contributed by atoms with Gasteiger partial charge in [-0.1, -0.05) is 30.3 Å². The maximum Gasteiger partial charge on any atom is 0.416 e. The highest BCUT2D eigenvalue weighted by Crippen LogP contribution is 2.31. The summed E-state index contributed by atoms with van der Waals surface area (Å²) in [6.07, 6.45) is 2.07. The standard InChI is InChI=1S/C19H20N2O3S/c1-3-24-19(23)21-12-14(11-13-7-5-4-6-8-13)17-15(18(21)22)9-10-16(20-17)25-2/h4-10,14H,3,11-12H2,1-2H3. The molecule has 0 spiro atoms. The second-order valence-corrected chi connectivity index (χ2v) is 6.61. The minimum Gasteiger partial charge on any atom is -0.449 e. The lowest BCUT2D eigenvalue weighted by Gasteiger charge is -2.31. The van der Waals surface area contributed by atoms with Gasteiger partial charge in [-0.3, -0.25) is 4.79 Å². The predicted molar refractivity (Wildman–Crippen MR) is 97.0 cm³/mol. The number of hydrogen-bond acceptors (Lipinski definition) is 5. The highest BCUT2D eigenvalue weighted by Gasteiger charge is 2.36. The minimum atomic E-state index is -0.592. The Morgan fingerprint density at radius 1 is 1.28 bits per heavy atom. The van der Waals surface area contributed by atoms with E-state index in [0.717, 1.165) is 16.3 Å². The highest BCUT2D eigenvalue weighted by atomic mass is 32.2. The van der Waals surface area contributed by atoms with Crippen LogP contribution in [0, 0.1) is 0 Å². The molecule has 5 nitrogen and oxygen atoms in total. The molecule has 1 atom stereocenters. The Hall–Kier alpha value is -2.34. The molecule has 6 heteroatoms. The Bertz CT molecular complexity index is 779. The van der Waals surface area contributed by atoms with Crippen LogP contribution in [0.2, 0.25) is 0 Å². The summed E-state index contributed by atoms with van der Waals surface area (Å²) < 4.78 is 5.05. The molecule has 1 aliphatic rings. The summed E-state index contributed by atoms with van der Waals surface area (Å²) in [5, 5.41) is 0.870. The Kier molecular flexibility index (Phi) is 5.38. The smallest absolute Gasteiger partial charge is 0.416 e. The third-order valence-corrected chi connectivity index (χ3v) is 4.83. The van der Waals surface area contributed by atoms with Gasteiger partial charge in [0.25, 0.3) is 5.91 Å². The molecule has 0 aliphatic carbocycles. The van der Waals surface area contributed by atoms with Crippen molar-refractivity contribution in [1.29, 1.82) is 0 Å². The molecule has 130 valence electrons. The zero-order chi connectivity index (χ0) is 17.8. The van der Waals surface area contributed by atoms with Gasteiger partial charge < -0.3 is 4.74 Å². The Morgan fingerprint density at radius 3 is 2.72 bits per heavy atom. The maximum atomic E-state index is 12.7. The van der Waals surface area contributed by atoms with Crippen molar-refractivity contribution in [2.24, 2.45) is 0 Å². The van der Waals surface area contributed by atoms with Crippen molar-refractivity contribution in [3.8, 4) is 0 Å². The van der Waals surface area contributed by atoms with E-state index in [1.807, 2.05) is 42.7 Å². The third kappa shape index (κ3) is 3.69. The fraction of sp³-hybridized carbons (Fsp3) is 0.316. The van der Waals surface area contributed by atoms with Gasteiger partial charge in [0.1, 0.15) is 0 Å². The number of carbonyl (C=O) groups is 2. The van der Waals surface area contributed by atoms with Gasteiger partial charge in [-0.2, -0.15) is 0 Å². The van der Waals surface area contributed by atoms with Gasteiger partial charge in [0.2, 0.25) is 0 Å². The van der Waals surface area contributed by atoms with Crippen LogP contribution in [0.15, 0.2) is 47.5 Å². The van der Waals surface area contributed by atoms with Crippen molar-refractivity contribution < 1.29 is 14.3 Å². The van der Waals surface area contributed by atoms with Crippen LogP contribution in [0.3, 0.4) is 0 Å². The van der Waals surface area contributed by atoms with Gasteiger partial charge in [0, 0.05) is 12.5 Å². The van der Waals surface area contributed by atoms with Gasteiger partial charge in [-0.05, 0) is 37.3 Å². The zero-order valence-electron chi connectivity index (χ0n) is 14.3. The normalized spacial score (nSPS) is 16.5. The summed E-state index contributed by atoms with van der Waals surface area (Å²) in [6.45, 7) is 2.25. The van der Waals surface area contributed by atoms with Crippen LogP contribution in [0.25, 0.3) is 0 Å². The van der Waals surface area contributed by atoms with Crippen molar-refractivity contribution in [1.82, 2.24) is 9.88 Å². The predicted octanol–water partition coefficient (Wildman–Crippen LogP) is 3.74. The van der Waals surface area contributed by atoms with E-state index in [2.05, 4.69) is 4.98 Å². The van der Waals surface area contributed by atoms with E-state index in [0.29, 0.717) is 12.0 Å². The number of amides is 2. The van der Waals surface area contributed by atoms with Crippen LogP contribution in [-0.2, 0) is 11.2 Å². The molecule has 3 rings (SSSR count). The number of imide groups is 1. The molecule has 1 aliphatic heterocycles. The number of thioether (sulfide) groups is 1. The third-order valence-electron chi connectivity index (χ3n) is 4.19. The molecule has 1 aromatic heterocycles. The highest BCUT2D eigenvalue weighted by molar-refractivity contribution is 7.98. The van der Waals surface area contributed by atoms with Crippen LogP contribution in [0.5, 0.6) is 0 Å². The minimum absolute atomic E-state index is 0.0494. The van der Waals surface area contributed by atoms with E-state index < -0.39 is 6.09 Å². The number of ether oxygens (including phenoxy) is 1. The van der Waals surface area contributed by atoms with Crippen molar-refractivity contribution in [2.75, 3.05) is 19.4 Å². The Labute approximate surface area is 151 Å². The summed E-state index contributed by atoms with van der Waals surface area (Å²) in [4.78, 5) is 30.8. The summed E-state index contributed by atoms with van der Waals surface area (Å²) in [5.74, 6) is -0.385. The fourth-order valence-electron chi connectivity index (χ4n) is 3.02. The van der Waals surface area contributed by atoms with Gasteiger partial charge in [-0.15, -0.1) is 11.8 Å². The Morgan fingerprint density at radius 2 is 2.04 bits per heavy atom. The van der Waals surface area contributed by atoms with Gasteiger partial charge in [-0.25, -0.2) is 14.7 Å². The van der Waals surface area contributed by atoms with Crippen LogP contribution in [0.1, 0.15) is 34.5 Å². The van der Waals surface area contributed by atoms with Crippen molar-refractivity contribution in [2.45, 2.75) is 24.3 Å². The molecule has 0 N–H and O–H groups in total. The molecule has 0 radical (unpaired) electrons. The molecule has 0 saturated carbocycles. The number of carbonyl (C=O) groups excluding carboxylic acids is 2. The lowest BCUT2D eigenvalue weighted by Crippen LogP contribution is -2.45. The number of aromatic nitrogens is 1. The summed E-state index contributed by atoms with van der Waals surface area (Å²) in [5.41, 5.74) is 2.40. The molecule has 25 heavy (non-hydrogen) atoms. The molecule has 2 heterocycles. The molecule has 1 aromatic carbocycles. The molecule has 2 aromatic rings. The fourth-order valence-corrected chi connectivity index (χ4v) is 3.41. The van der Waals surface area contributed by atoms with Crippen LogP contribution in [0.4, 0.5) is 4.79 Å². The largest absolute Gasteiger partial charge is 0.449 e. The summed E-state index contributed by atoms with van der Waals surface area (Å²) in [6, 6.07) is 13.6. The van der Waals surface area contributed by atoms with E-state index in [1.54, 1.807) is 13.0 Å². The number of benzene rings is 1. The van der Waals surface area contributed by atoms with Crippen molar-refractivity contribution in [3.05, 3.63) is 59.3 Å². The molecule has 0 bridgehead atoms. The van der Waals surface area contributed by atoms with Gasteiger partial charge in [0.15, 0.2) is 0 Å². The number of hydrogen-bond donors (Lipinski definition) is 0. The number of nitrogens with zero attached hydrogens (tertiary/aromatic N) is 2. The topological polar surface area (TPSA) is 59.5 Å². The number of pyridine rings is 1. The van der Waals surface area contributed by atoms with Gasteiger partial charge in [0.05, 0.1) is 22.9 Å². The summed E-state index contributed by atoms with van der Waals surface area (Å²) in [7, 11) is 0. The Balaban J connectivity index is 1.98. The molecule has 0 saturated heterocycles. The second kappa shape index (κ2) is 7.70. The molecule has 1 unspecified atom stereocenters. The number of fused-ring (bicyclic) bond motifs is 1. The lowest BCUT2D eigenvalue weighted by atomic mass is 9.89. The quantitative estimate of drug-likeness (QED) is 0.781. The molecule has 2 amide bonds. The van der Waals surface area contributed by atoms with E-state index in [9.17, 15) is 9.59 Å². The monoisotopic (exact) mass is 356 g/mol. The van der Waals surface area contributed by atoms with Gasteiger partial charge >= 0.3 is 6.09 Å². The van der Waals surface area contributed by atoms with Crippen LogP contribution < -0.4 is 0 Å². The summed E-state index contributed by atoms with van der Waals surface area (Å²) >= 11 is 1.54. The van der Waals surface area contributed by atoms with E-state index >= 15 is 0 Å². The van der Waals surface area contributed by atoms with Crippen LogP contribution in [-0.4, -0.2) is 41.3 Å². The average molecular weight is 356 g/mol. The molecule has 0 fully saturated rings. The first-order valence-corrected chi connectivity index (χ1v) is 9.44. The first kappa shape index (κ1) is 17.5. The van der Waals surface area contributed by atoms with E-state index in [4.69, 9.17) is 4.74 Å². The zero-order valence-corrected chi connectivity index (χ0v) is 15.1. The lowest BCUT2D eigenvalue weighted by molar-refractivity contribution is 0.0634. The first-order valence-electron chi connectivity index (χ1n) is 8.21. The average Bonchev–Trinajstić information content (AvgIpc) is 2.64. The van der Waals surface area contributed by atoms with Crippen LogP contribution >= 0.6 is 11.8 Å². The maximum absolute atomic E-state index is 12.7. The van der Waals surface area contributed by atoms with Crippen molar-refractivity contribution >= 4 is 23.8 Å². The van der Waals surface area contributed by atoms with E-state index in [-0.39, 0.29) is 25.0 Å². The second-order valence-electron chi connectivity index (χ2n) is 5.79. The number of rotatable bonds is 4.